The maximum Gasteiger partial charge on any atom is 0.339 e. The van der Waals surface area contributed by atoms with Gasteiger partial charge in [0.1, 0.15) is 0 Å². The summed E-state index contributed by atoms with van der Waals surface area (Å²) in [6, 6.07) is 13.4. The number of aromatic nitrogens is 2. The molecule has 8 heteroatoms. The van der Waals surface area contributed by atoms with Gasteiger partial charge in [0.2, 0.25) is 5.89 Å². The smallest absolute Gasteiger partial charge is 0.339 e. The first-order valence-corrected chi connectivity index (χ1v) is 7.81. The molecule has 0 aliphatic heterocycles. The van der Waals surface area contributed by atoms with E-state index in [0.29, 0.717) is 5.89 Å². The van der Waals surface area contributed by atoms with Crippen molar-refractivity contribution in [2.75, 3.05) is 0 Å². The summed E-state index contributed by atoms with van der Waals surface area (Å²) < 4.78 is 10.9. The molecule has 0 bridgehead atoms. The first-order chi connectivity index (χ1) is 12.5. The molecule has 1 unspecified atom stereocenters. The van der Waals surface area contributed by atoms with Crippen molar-refractivity contribution in [1.29, 1.82) is 0 Å². The largest absolute Gasteiger partial charge is 0.449 e. The number of esters is 1. The Morgan fingerprint density at radius 2 is 1.88 bits per heavy atom. The van der Waals surface area contributed by atoms with Gasteiger partial charge < -0.3 is 9.15 Å². The van der Waals surface area contributed by atoms with Gasteiger partial charge in [-0.1, -0.05) is 24.3 Å². The van der Waals surface area contributed by atoms with Crippen molar-refractivity contribution in [2.24, 2.45) is 0 Å². The summed E-state index contributed by atoms with van der Waals surface area (Å²) >= 11 is 0. The van der Waals surface area contributed by atoms with E-state index in [1.165, 1.54) is 25.1 Å². The predicted octanol–water partition coefficient (Wildman–Crippen LogP) is 3.87. The molecule has 0 amide bonds. The number of nitro benzene ring substituents is 1. The lowest BCUT2D eigenvalue weighted by Gasteiger charge is -2.11. The van der Waals surface area contributed by atoms with E-state index in [0.717, 1.165) is 5.56 Å². The summed E-state index contributed by atoms with van der Waals surface area (Å²) in [6.45, 7) is 3.09. The molecule has 0 aliphatic rings. The van der Waals surface area contributed by atoms with Gasteiger partial charge in [0.05, 0.1) is 10.5 Å². The van der Waals surface area contributed by atoms with Crippen molar-refractivity contribution >= 4 is 11.7 Å². The maximum absolute atomic E-state index is 12.4. The molecule has 1 heterocycles. The van der Waals surface area contributed by atoms with Crippen LogP contribution in [0.3, 0.4) is 0 Å². The highest BCUT2D eigenvalue weighted by molar-refractivity contribution is 5.92. The summed E-state index contributed by atoms with van der Waals surface area (Å²) in [4.78, 5) is 22.8. The Bertz CT molecular complexity index is 952. The molecule has 0 aliphatic carbocycles. The summed E-state index contributed by atoms with van der Waals surface area (Å²) in [5.74, 6) is -0.242. The fourth-order valence-corrected chi connectivity index (χ4v) is 2.41. The normalized spacial score (nSPS) is 11.8. The molecule has 0 N–H and O–H groups in total. The molecule has 0 saturated carbocycles. The van der Waals surface area contributed by atoms with E-state index in [1.807, 2.05) is 30.3 Å². The van der Waals surface area contributed by atoms with Gasteiger partial charge in [-0.2, -0.15) is 0 Å². The molecule has 1 atom stereocenters. The van der Waals surface area contributed by atoms with E-state index in [-0.39, 0.29) is 22.7 Å². The molecule has 26 heavy (non-hydrogen) atoms. The summed E-state index contributed by atoms with van der Waals surface area (Å²) in [5.41, 5.74) is 0.967. The van der Waals surface area contributed by atoms with E-state index < -0.39 is 17.0 Å². The Morgan fingerprint density at radius 1 is 1.15 bits per heavy atom. The summed E-state index contributed by atoms with van der Waals surface area (Å²) in [6.07, 6.45) is -0.800. The molecule has 0 radical (unpaired) electrons. The molecule has 2 aromatic carbocycles. The lowest BCUT2D eigenvalue weighted by Crippen LogP contribution is -2.11. The Balaban J connectivity index is 1.77. The molecule has 8 nitrogen and oxygen atoms in total. The zero-order chi connectivity index (χ0) is 18.7. The third-order valence-corrected chi connectivity index (χ3v) is 3.81. The Kier molecular flexibility index (Phi) is 4.74. The molecular weight excluding hydrogens is 338 g/mol. The van der Waals surface area contributed by atoms with Gasteiger partial charge in [-0.25, -0.2) is 4.79 Å². The minimum absolute atomic E-state index is 0.119. The van der Waals surface area contributed by atoms with Crippen LogP contribution >= 0.6 is 0 Å². The molecule has 3 rings (SSSR count). The molecular formula is C18H15N3O5. The molecule has 0 spiro atoms. The van der Waals surface area contributed by atoms with Crippen LogP contribution in [0.1, 0.15) is 34.8 Å². The third kappa shape index (κ3) is 3.44. The molecule has 3 aromatic rings. The van der Waals surface area contributed by atoms with Gasteiger partial charge in [-0.05, 0) is 32.0 Å². The number of ether oxygens (including phenoxy) is 1. The Morgan fingerprint density at radius 3 is 2.58 bits per heavy atom. The second-order valence-electron chi connectivity index (χ2n) is 5.57. The first-order valence-electron chi connectivity index (χ1n) is 7.81. The SMILES string of the molecule is Cc1c(C(=O)OC(C)c2nnc(-c3ccccc3)o2)cccc1[N+](=O)[O-]. The van der Waals surface area contributed by atoms with Crippen LogP contribution in [0.2, 0.25) is 0 Å². The summed E-state index contributed by atoms with van der Waals surface area (Å²) in [7, 11) is 0. The van der Waals surface area contributed by atoms with Crippen molar-refractivity contribution in [2.45, 2.75) is 20.0 Å². The molecule has 0 fully saturated rings. The highest BCUT2D eigenvalue weighted by atomic mass is 16.6. The number of rotatable bonds is 5. The highest BCUT2D eigenvalue weighted by Gasteiger charge is 2.23. The van der Waals surface area contributed by atoms with E-state index in [2.05, 4.69) is 10.2 Å². The van der Waals surface area contributed by atoms with Gasteiger partial charge in [-0.15, -0.1) is 10.2 Å². The fourth-order valence-electron chi connectivity index (χ4n) is 2.41. The van der Waals surface area contributed by atoms with Crippen LogP contribution in [0.5, 0.6) is 0 Å². The van der Waals surface area contributed by atoms with Gasteiger partial charge in [-0.3, -0.25) is 10.1 Å². The van der Waals surface area contributed by atoms with E-state index in [4.69, 9.17) is 9.15 Å². The number of nitro groups is 1. The monoisotopic (exact) mass is 353 g/mol. The van der Waals surface area contributed by atoms with Crippen LogP contribution in [-0.4, -0.2) is 21.1 Å². The number of carbonyl (C=O) groups excluding carboxylic acids is 1. The van der Waals surface area contributed by atoms with E-state index >= 15 is 0 Å². The number of nitrogens with zero attached hydrogens (tertiary/aromatic N) is 3. The van der Waals surface area contributed by atoms with Crippen molar-refractivity contribution < 1.29 is 18.9 Å². The second kappa shape index (κ2) is 7.14. The molecule has 132 valence electrons. The minimum atomic E-state index is -0.800. The average Bonchev–Trinajstić information content (AvgIpc) is 3.12. The van der Waals surface area contributed by atoms with Crippen molar-refractivity contribution in [3.8, 4) is 11.5 Å². The predicted molar refractivity (Wildman–Crippen MR) is 91.4 cm³/mol. The highest BCUT2D eigenvalue weighted by Crippen LogP contribution is 2.25. The van der Waals surface area contributed by atoms with E-state index in [9.17, 15) is 14.9 Å². The van der Waals surface area contributed by atoms with Gasteiger partial charge in [0, 0.05) is 17.2 Å². The van der Waals surface area contributed by atoms with Crippen LogP contribution in [0.15, 0.2) is 52.9 Å². The molecule has 0 saturated heterocycles. The number of hydrogen-bond acceptors (Lipinski definition) is 7. The van der Waals surface area contributed by atoms with Crippen LogP contribution in [-0.2, 0) is 4.74 Å². The number of carbonyl (C=O) groups is 1. The lowest BCUT2D eigenvalue weighted by atomic mass is 10.1. The van der Waals surface area contributed by atoms with E-state index in [1.54, 1.807) is 6.92 Å². The van der Waals surface area contributed by atoms with Crippen molar-refractivity contribution in [1.82, 2.24) is 10.2 Å². The van der Waals surface area contributed by atoms with Crippen molar-refractivity contribution in [3.05, 3.63) is 75.7 Å². The minimum Gasteiger partial charge on any atom is -0.449 e. The Labute approximate surface area is 148 Å². The standard InChI is InChI=1S/C18H15N3O5/c1-11-14(9-6-10-15(11)21(23)24)18(22)25-12(2)16-19-20-17(26-16)13-7-4-3-5-8-13/h3-10,12H,1-2H3. The number of hydrogen-bond donors (Lipinski definition) is 0. The average molecular weight is 353 g/mol. The zero-order valence-corrected chi connectivity index (χ0v) is 14.1. The maximum atomic E-state index is 12.4. The second-order valence-corrected chi connectivity index (χ2v) is 5.57. The quantitative estimate of drug-likeness (QED) is 0.389. The lowest BCUT2D eigenvalue weighted by molar-refractivity contribution is -0.385. The number of benzene rings is 2. The zero-order valence-electron chi connectivity index (χ0n) is 14.1. The molecule has 1 aromatic heterocycles. The topological polar surface area (TPSA) is 108 Å². The van der Waals surface area contributed by atoms with Crippen molar-refractivity contribution in [3.63, 3.8) is 0 Å². The van der Waals surface area contributed by atoms with Crippen LogP contribution in [0.4, 0.5) is 5.69 Å². The fraction of sp³-hybridized carbons (Fsp3) is 0.167. The summed E-state index contributed by atoms with van der Waals surface area (Å²) in [5, 5.41) is 18.8. The Hall–Kier alpha value is -3.55. The van der Waals surface area contributed by atoms with Crippen LogP contribution < -0.4 is 0 Å². The first kappa shape index (κ1) is 17.3. The third-order valence-electron chi connectivity index (χ3n) is 3.81. The van der Waals surface area contributed by atoms with Gasteiger partial charge in [0.15, 0.2) is 6.10 Å². The van der Waals surface area contributed by atoms with Gasteiger partial charge in [0.25, 0.3) is 11.6 Å². The van der Waals surface area contributed by atoms with Crippen LogP contribution in [0.25, 0.3) is 11.5 Å². The van der Waals surface area contributed by atoms with Gasteiger partial charge >= 0.3 is 5.97 Å². The van der Waals surface area contributed by atoms with Crippen LogP contribution in [0, 0.1) is 17.0 Å².